The van der Waals surface area contributed by atoms with Crippen molar-refractivity contribution in [2.75, 3.05) is 65.8 Å². The van der Waals surface area contributed by atoms with Gasteiger partial charge in [-0.25, -0.2) is 0 Å². The minimum absolute atomic E-state index is 0.222. The first kappa shape index (κ1) is 41.0. The largest absolute Gasteiger partial charge is 0.381 e. The molecule has 4 aliphatic carbocycles. The lowest BCUT2D eigenvalue weighted by molar-refractivity contribution is -0.167. The van der Waals surface area contributed by atoms with Crippen LogP contribution in [-0.2, 0) is 33.3 Å². The van der Waals surface area contributed by atoms with Crippen LogP contribution in [0.4, 0.5) is 0 Å². The van der Waals surface area contributed by atoms with Crippen LogP contribution in [0.25, 0.3) is 0 Å². The van der Waals surface area contributed by atoms with Gasteiger partial charge in [0.05, 0.1) is 24.3 Å². The van der Waals surface area contributed by atoms with E-state index in [1.54, 1.807) is 0 Å². The molecule has 3 unspecified atom stereocenters. The van der Waals surface area contributed by atoms with Crippen LogP contribution in [0.1, 0.15) is 129 Å². The highest BCUT2D eigenvalue weighted by Crippen LogP contribution is 2.36. The first-order valence-electron chi connectivity index (χ1n) is 21.9. The number of likely N-dealkylation sites (tertiary alicyclic amines) is 1. The third-order valence-electron chi connectivity index (χ3n) is 13.6. The van der Waals surface area contributed by atoms with E-state index in [2.05, 4.69) is 26.9 Å². The SMILES string of the molecule is CCOCC1CCC(=O)C1.CCOCC1CCC(N2CCC(N3C(=O)CO[C@H]4CCCC[C@@H]43)CC2)C1.O=C1CO[C@H]2CCCC[C@@H]2N1C1CCNCC1. The number of rotatable bonds is 9. The molecule has 7 atom stereocenters. The Balaban J connectivity index is 0.000000152. The zero-order valence-corrected chi connectivity index (χ0v) is 33.2. The highest BCUT2D eigenvalue weighted by molar-refractivity contribution is 5.80. The average molecular weight is 745 g/mol. The third-order valence-corrected chi connectivity index (χ3v) is 13.6. The fourth-order valence-electron chi connectivity index (χ4n) is 10.8. The number of piperidine rings is 2. The minimum atomic E-state index is 0.222. The molecule has 302 valence electrons. The zero-order valence-electron chi connectivity index (χ0n) is 33.2. The molecule has 8 aliphatic rings. The van der Waals surface area contributed by atoms with Gasteiger partial charge in [-0.3, -0.25) is 14.4 Å². The summed E-state index contributed by atoms with van der Waals surface area (Å²) in [7, 11) is 0. The summed E-state index contributed by atoms with van der Waals surface area (Å²) in [5.74, 6) is 2.14. The molecular formula is C42H72N4O7. The summed E-state index contributed by atoms with van der Waals surface area (Å²) >= 11 is 0. The molecule has 53 heavy (non-hydrogen) atoms. The number of hydrogen-bond acceptors (Lipinski definition) is 9. The molecule has 11 heteroatoms. The van der Waals surface area contributed by atoms with E-state index in [1.165, 1.54) is 44.9 Å². The molecule has 8 rings (SSSR count). The van der Waals surface area contributed by atoms with Crippen molar-refractivity contribution in [1.29, 1.82) is 0 Å². The Morgan fingerprint density at radius 3 is 1.72 bits per heavy atom. The summed E-state index contributed by atoms with van der Waals surface area (Å²) in [6.07, 6.45) is 21.2. The monoisotopic (exact) mass is 745 g/mol. The number of fused-ring (bicyclic) bond motifs is 2. The molecule has 2 amide bonds. The van der Waals surface area contributed by atoms with E-state index in [-0.39, 0.29) is 11.8 Å². The van der Waals surface area contributed by atoms with Gasteiger partial charge in [0.1, 0.15) is 19.0 Å². The lowest BCUT2D eigenvalue weighted by Gasteiger charge is -2.49. The van der Waals surface area contributed by atoms with E-state index < -0.39 is 0 Å². The van der Waals surface area contributed by atoms with Crippen molar-refractivity contribution in [2.45, 2.75) is 172 Å². The van der Waals surface area contributed by atoms with Gasteiger partial charge in [0.25, 0.3) is 0 Å². The molecule has 1 N–H and O–H groups in total. The lowest BCUT2D eigenvalue weighted by Crippen LogP contribution is -2.61. The second-order valence-corrected chi connectivity index (χ2v) is 17.1. The zero-order chi connectivity index (χ0) is 37.0. The quantitative estimate of drug-likeness (QED) is 0.344. The minimum Gasteiger partial charge on any atom is -0.381 e. The maximum atomic E-state index is 12.6. The Morgan fingerprint density at radius 1 is 0.623 bits per heavy atom. The summed E-state index contributed by atoms with van der Waals surface area (Å²) in [4.78, 5) is 42.6. The van der Waals surface area contributed by atoms with Crippen LogP contribution in [0, 0.1) is 11.8 Å². The number of nitrogens with one attached hydrogen (secondary N) is 1. The maximum absolute atomic E-state index is 12.6. The molecule has 0 spiro atoms. The van der Waals surface area contributed by atoms with E-state index in [0.29, 0.717) is 61.3 Å². The van der Waals surface area contributed by atoms with E-state index >= 15 is 0 Å². The van der Waals surface area contributed by atoms with Crippen molar-refractivity contribution in [2.24, 2.45) is 11.8 Å². The molecule has 0 aromatic carbocycles. The van der Waals surface area contributed by atoms with Gasteiger partial charge < -0.3 is 39.0 Å². The Bertz CT molecular complexity index is 1140. The van der Waals surface area contributed by atoms with Crippen molar-refractivity contribution in [3.8, 4) is 0 Å². The first-order valence-corrected chi connectivity index (χ1v) is 21.9. The van der Waals surface area contributed by atoms with Gasteiger partial charge in [-0.2, -0.15) is 0 Å². The number of morpholine rings is 2. The highest BCUT2D eigenvalue weighted by Gasteiger charge is 2.44. The number of Topliss-reactive ketones (excluding diaryl/α,β-unsaturated/α-hetero) is 1. The van der Waals surface area contributed by atoms with Crippen LogP contribution in [0.5, 0.6) is 0 Å². The molecule has 11 nitrogen and oxygen atoms in total. The van der Waals surface area contributed by atoms with Crippen molar-refractivity contribution in [1.82, 2.24) is 20.0 Å². The normalized spacial score (nSPS) is 34.5. The van der Waals surface area contributed by atoms with E-state index in [9.17, 15) is 14.4 Å². The van der Waals surface area contributed by atoms with Crippen molar-refractivity contribution >= 4 is 17.6 Å². The molecule has 0 aromatic heterocycles. The van der Waals surface area contributed by atoms with Crippen LogP contribution < -0.4 is 5.32 Å². The van der Waals surface area contributed by atoms with Crippen LogP contribution in [-0.4, -0.2) is 141 Å². The summed E-state index contributed by atoms with van der Waals surface area (Å²) in [5.41, 5.74) is 0. The molecule has 0 bridgehead atoms. The van der Waals surface area contributed by atoms with Crippen molar-refractivity contribution in [3.05, 3.63) is 0 Å². The fraction of sp³-hybridized carbons (Fsp3) is 0.929. The average Bonchev–Trinajstić information content (AvgIpc) is 3.86. The van der Waals surface area contributed by atoms with Gasteiger partial charge in [0.15, 0.2) is 0 Å². The van der Waals surface area contributed by atoms with Crippen LogP contribution in [0.15, 0.2) is 0 Å². The van der Waals surface area contributed by atoms with Gasteiger partial charge in [-0.1, -0.05) is 25.7 Å². The molecule has 8 fully saturated rings. The number of nitrogens with zero attached hydrogens (tertiary/aromatic N) is 3. The Hall–Kier alpha value is -1.63. The molecule has 4 saturated carbocycles. The van der Waals surface area contributed by atoms with E-state index in [4.69, 9.17) is 18.9 Å². The van der Waals surface area contributed by atoms with Crippen LogP contribution in [0.3, 0.4) is 0 Å². The molecular weight excluding hydrogens is 672 g/mol. The molecule has 4 heterocycles. The van der Waals surface area contributed by atoms with Crippen LogP contribution >= 0.6 is 0 Å². The molecule has 0 radical (unpaired) electrons. The maximum Gasteiger partial charge on any atom is 0.249 e. The number of ether oxygens (including phenoxy) is 4. The van der Waals surface area contributed by atoms with Gasteiger partial charge in [0, 0.05) is 70.5 Å². The topological polar surface area (TPSA) is 110 Å². The Labute approximate surface area is 319 Å². The van der Waals surface area contributed by atoms with Gasteiger partial charge in [-0.15, -0.1) is 0 Å². The molecule has 4 aliphatic heterocycles. The van der Waals surface area contributed by atoms with Gasteiger partial charge in [0.2, 0.25) is 11.8 Å². The Morgan fingerprint density at radius 2 is 1.17 bits per heavy atom. The van der Waals surface area contributed by atoms with Gasteiger partial charge >= 0.3 is 0 Å². The highest BCUT2D eigenvalue weighted by atomic mass is 16.5. The van der Waals surface area contributed by atoms with E-state index in [1.807, 2.05) is 6.92 Å². The predicted octanol–water partition coefficient (Wildman–Crippen LogP) is 5.13. The number of ketones is 1. The number of carbonyl (C=O) groups is 3. The van der Waals surface area contributed by atoms with Crippen molar-refractivity contribution in [3.63, 3.8) is 0 Å². The number of carbonyl (C=O) groups excluding carboxylic acids is 3. The van der Waals surface area contributed by atoms with Crippen LogP contribution in [0.2, 0.25) is 0 Å². The Kier molecular flexibility index (Phi) is 16.3. The second-order valence-electron chi connectivity index (χ2n) is 17.1. The number of amides is 2. The fourth-order valence-corrected chi connectivity index (χ4v) is 10.8. The summed E-state index contributed by atoms with van der Waals surface area (Å²) < 4.78 is 22.4. The van der Waals surface area contributed by atoms with Crippen molar-refractivity contribution < 1.29 is 33.3 Å². The summed E-state index contributed by atoms with van der Waals surface area (Å²) in [5, 5.41) is 3.37. The lowest BCUT2D eigenvalue weighted by atomic mass is 9.87. The first-order chi connectivity index (χ1) is 25.9. The standard InChI is InChI=1S/C21H36N2O3.C13H22N2O2.C8H14O2/c1-2-25-14-16-7-8-18(13-16)22-11-9-17(10-12-22)23-19-5-3-4-6-20(19)26-15-21(23)24;16-13-9-17-12-4-2-1-3-11(12)15(13)10-5-7-14-8-6-10;1-2-10-6-7-3-4-8(9)5-7/h16-20H,2-15H2,1H3;10-12,14H,1-9H2;7H,2-6H2,1H3/t16?,18?,19-,20-;11-,12-;/m00./s1. The third kappa shape index (κ3) is 11.2. The summed E-state index contributed by atoms with van der Waals surface area (Å²) in [6, 6.07) is 2.35. The predicted molar refractivity (Wildman–Crippen MR) is 205 cm³/mol. The van der Waals surface area contributed by atoms with E-state index in [0.717, 1.165) is 135 Å². The summed E-state index contributed by atoms with van der Waals surface area (Å²) in [6.45, 7) is 12.4. The smallest absolute Gasteiger partial charge is 0.249 e. The number of hydrogen-bond donors (Lipinski definition) is 1. The molecule has 4 saturated heterocycles. The van der Waals surface area contributed by atoms with Gasteiger partial charge in [-0.05, 0) is 116 Å². The second kappa shape index (κ2) is 21.1. The molecule has 0 aromatic rings.